The molecule has 0 radical (unpaired) electrons. The van der Waals surface area contributed by atoms with Crippen LogP contribution >= 0.6 is 0 Å². The number of H-pyrrole nitrogens is 1. The maximum atomic E-state index is 12.3. The van der Waals surface area contributed by atoms with Crippen molar-refractivity contribution in [3.05, 3.63) is 46.6 Å². The molecule has 4 nitrogen and oxygen atoms in total. The van der Waals surface area contributed by atoms with E-state index < -0.39 is 11.7 Å². The molecule has 0 aromatic carbocycles. The second-order valence-electron chi connectivity index (χ2n) is 3.23. The van der Waals surface area contributed by atoms with Crippen molar-refractivity contribution in [3.8, 4) is 11.4 Å². The topological polar surface area (TPSA) is 58.6 Å². The minimum Gasteiger partial charge on any atom is -0.329 e. The highest BCUT2D eigenvalue weighted by Gasteiger charge is 2.31. The lowest BCUT2D eigenvalue weighted by atomic mass is 10.2. The molecule has 0 aliphatic rings. The Kier molecular flexibility index (Phi) is 2.66. The van der Waals surface area contributed by atoms with Gasteiger partial charge in [0.2, 0.25) is 5.56 Å². The summed E-state index contributed by atoms with van der Waals surface area (Å²) in [5.41, 5.74) is -0.931. The largest absolute Gasteiger partial charge is 0.419 e. The molecule has 0 aliphatic carbocycles. The van der Waals surface area contributed by atoms with Gasteiger partial charge >= 0.3 is 6.18 Å². The van der Waals surface area contributed by atoms with E-state index in [0.717, 1.165) is 0 Å². The molecule has 0 fully saturated rings. The molecule has 0 amide bonds. The van der Waals surface area contributed by atoms with Gasteiger partial charge in [-0.2, -0.15) is 13.2 Å². The van der Waals surface area contributed by atoms with Gasteiger partial charge in [-0.05, 0) is 6.07 Å². The molecule has 0 bridgehead atoms. The first-order valence-corrected chi connectivity index (χ1v) is 4.55. The zero-order chi connectivity index (χ0) is 12.5. The van der Waals surface area contributed by atoms with E-state index in [-0.39, 0.29) is 11.4 Å². The van der Waals surface area contributed by atoms with Gasteiger partial charge in [-0.3, -0.25) is 4.79 Å². The second kappa shape index (κ2) is 4.00. The first kappa shape index (κ1) is 11.3. The van der Waals surface area contributed by atoms with E-state index in [9.17, 15) is 18.0 Å². The monoisotopic (exact) mass is 241 g/mol. The van der Waals surface area contributed by atoms with Gasteiger partial charge in [0.15, 0.2) is 5.82 Å². The Bertz CT molecular complexity index is 574. The number of rotatable bonds is 1. The molecule has 1 N–H and O–H groups in total. The molecule has 2 aromatic heterocycles. The quantitative estimate of drug-likeness (QED) is 0.828. The molecule has 2 rings (SSSR count). The van der Waals surface area contributed by atoms with E-state index in [2.05, 4.69) is 15.0 Å². The lowest BCUT2D eigenvalue weighted by Crippen LogP contribution is -2.07. The molecule has 2 aromatic rings. The highest BCUT2D eigenvalue weighted by atomic mass is 19.4. The average Bonchev–Trinajstić information content (AvgIpc) is 2.28. The fraction of sp³-hybridized carbons (Fsp3) is 0.100. The molecule has 2 heterocycles. The normalized spacial score (nSPS) is 11.5. The fourth-order valence-electron chi connectivity index (χ4n) is 1.21. The number of hydrogen-bond acceptors (Lipinski definition) is 3. The van der Waals surface area contributed by atoms with Crippen LogP contribution in [0.25, 0.3) is 11.4 Å². The molecule has 17 heavy (non-hydrogen) atoms. The summed E-state index contributed by atoms with van der Waals surface area (Å²) in [6.07, 6.45) is -1.72. The van der Waals surface area contributed by atoms with Gasteiger partial charge in [-0.15, -0.1) is 0 Å². The molecule has 88 valence electrons. The number of halogens is 3. The van der Waals surface area contributed by atoms with Crippen LogP contribution in [0.4, 0.5) is 13.2 Å². The summed E-state index contributed by atoms with van der Waals surface area (Å²) in [7, 11) is 0. The van der Waals surface area contributed by atoms with E-state index in [0.29, 0.717) is 18.0 Å². The first-order chi connectivity index (χ1) is 7.97. The van der Waals surface area contributed by atoms with Crippen molar-refractivity contribution in [1.29, 1.82) is 0 Å². The van der Waals surface area contributed by atoms with Crippen molar-refractivity contribution in [2.45, 2.75) is 6.18 Å². The highest BCUT2D eigenvalue weighted by molar-refractivity contribution is 5.53. The van der Waals surface area contributed by atoms with E-state index >= 15 is 0 Å². The number of aromatic amines is 1. The van der Waals surface area contributed by atoms with E-state index in [4.69, 9.17) is 0 Å². The first-order valence-electron chi connectivity index (χ1n) is 4.55. The predicted octanol–water partition coefficient (Wildman–Crippen LogP) is 1.85. The Balaban J connectivity index is 2.39. The third-order valence-corrected chi connectivity index (χ3v) is 2.01. The third-order valence-electron chi connectivity index (χ3n) is 2.01. The summed E-state index contributed by atoms with van der Waals surface area (Å²) in [5, 5.41) is 0. The molecule has 0 atom stereocenters. The maximum Gasteiger partial charge on any atom is 0.419 e. The van der Waals surface area contributed by atoms with Crippen LogP contribution in [0.5, 0.6) is 0 Å². The Labute approximate surface area is 93.2 Å². The molecule has 0 spiro atoms. The van der Waals surface area contributed by atoms with Crippen LogP contribution in [0.2, 0.25) is 0 Å². The SMILES string of the molecule is O=c1cc(-c2ncc(C(F)(F)F)cn2)cc[nH]1. The van der Waals surface area contributed by atoms with Gasteiger partial charge in [-0.25, -0.2) is 9.97 Å². The van der Waals surface area contributed by atoms with Gasteiger partial charge in [0.05, 0.1) is 5.56 Å². The summed E-state index contributed by atoms with van der Waals surface area (Å²) in [6, 6.07) is 2.71. The lowest BCUT2D eigenvalue weighted by Gasteiger charge is -2.05. The van der Waals surface area contributed by atoms with Gasteiger partial charge in [0, 0.05) is 30.2 Å². The van der Waals surface area contributed by atoms with Crippen LogP contribution < -0.4 is 5.56 Å². The Morgan fingerprint density at radius 2 is 1.82 bits per heavy atom. The predicted molar refractivity (Wildman–Crippen MR) is 53.1 cm³/mol. The Hall–Kier alpha value is -2.18. The van der Waals surface area contributed by atoms with Crippen LogP contribution in [-0.2, 0) is 6.18 Å². The third kappa shape index (κ3) is 2.49. The van der Waals surface area contributed by atoms with Crippen LogP contribution in [0.3, 0.4) is 0 Å². The molecular formula is C10H6F3N3O. The van der Waals surface area contributed by atoms with Crippen molar-refractivity contribution >= 4 is 0 Å². The fourth-order valence-corrected chi connectivity index (χ4v) is 1.21. The van der Waals surface area contributed by atoms with E-state index in [1.165, 1.54) is 18.3 Å². The standard InChI is InChI=1S/C10H6F3N3O/c11-10(12,13)7-4-15-9(16-5-7)6-1-2-14-8(17)3-6/h1-5H,(H,14,17). The van der Waals surface area contributed by atoms with Crippen LogP contribution in [0.1, 0.15) is 5.56 Å². The maximum absolute atomic E-state index is 12.3. The lowest BCUT2D eigenvalue weighted by molar-refractivity contribution is -0.138. The van der Waals surface area contributed by atoms with Gasteiger partial charge in [0.25, 0.3) is 0 Å². The number of hydrogen-bond donors (Lipinski definition) is 1. The minimum atomic E-state index is -4.47. The summed E-state index contributed by atoms with van der Waals surface area (Å²) in [5.74, 6) is 0.0732. The van der Waals surface area contributed by atoms with Crippen molar-refractivity contribution in [2.24, 2.45) is 0 Å². The Morgan fingerprint density at radius 1 is 1.18 bits per heavy atom. The highest BCUT2D eigenvalue weighted by Crippen LogP contribution is 2.28. The minimum absolute atomic E-state index is 0.0732. The van der Waals surface area contributed by atoms with E-state index in [1.54, 1.807) is 0 Å². The van der Waals surface area contributed by atoms with Crippen LogP contribution in [-0.4, -0.2) is 15.0 Å². The van der Waals surface area contributed by atoms with E-state index in [1.807, 2.05) is 0 Å². The number of aromatic nitrogens is 3. The molecule has 0 unspecified atom stereocenters. The van der Waals surface area contributed by atoms with Gasteiger partial charge < -0.3 is 4.98 Å². The van der Waals surface area contributed by atoms with Crippen molar-refractivity contribution in [1.82, 2.24) is 15.0 Å². The van der Waals surface area contributed by atoms with Crippen LogP contribution in [0.15, 0.2) is 35.5 Å². The molecule has 0 saturated heterocycles. The molecular weight excluding hydrogens is 235 g/mol. The number of alkyl halides is 3. The second-order valence-corrected chi connectivity index (χ2v) is 3.23. The molecule has 7 heteroatoms. The summed E-state index contributed by atoms with van der Waals surface area (Å²) < 4.78 is 36.8. The van der Waals surface area contributed by atoms with Gasteiger partial charge in [0.1, 0.15) is 0 Å². The number of pyridine rings is 1. The molecule has 0 saturated carbocycles. The molecule has 0 aliphatic heterocycles. The van der Waals surface area contributed by atoms with Crippen molar-refractivity contribution in [3.63, 3.8) is 0 Å². The summed E-state index contributed by atoms with van der Waals surface area (Å²) in [6.45, 7) is 0. The zero-order valence-electron chi connectivity index (χ0n) is 8.32. The smallest absolute Gasteiger partial charge is 0.329 e. The average molecular weight is 241 g/mol. The van der Waals surface area contributed by atoms with Crippen molar-refractivity contribution < 1.29 is 13.2 Å². The number of nitrogens with zero attached hydrogens (tertiary/aromatic N) is 2. The van der Waals surface area contributed by atoms with Crippen LogP contribution in [0, 0.1) is 0 Å². The summed E-state index contributed by atoms with van der Waals surface area (Å²) in [4.78, 5) is 20.5. The van der Waals surface area contributed by atoms with Gasteiger partial charge in [-0.1, -0.05) is 0 Å². The Morgan fingerprint density at radius 3 is 2.35 bits per heavy atom. The number of nitrogens with one attached hydrogen (secondary N) is 1. The summed E-state index contributed by atoms with van der Waals surface area (Å²) >= 11 is 0. The zero-order valence-corrected chi connectivity index (χ0v) is 8.32. The van der Waals surface area contributed by atoms with Crippen molar-refractivity contribution in [2.75, 3.05) is 0 Å².